The molecule has 1 aliphatic heterocycles. The van der Waals surface area contributed by atoms with Gasteiger partial charge in [0.2, 0.25) is 0 Å². The van der Waals surface area contributed by atoms with Crippen molar-refractivity contribution in [3.05, 3.63) is 23.8 Å². The fraction of sp³-hybridized carbons (Fsp3) is 0.571. The normalized spacial score (nSPS) is 17.6. The highest BCUT2D eigenvalue weighted by Gasteiger charge is 2.50. The maximum absolute atomic E-state index is 12.6. The molecule has 0 atom stereocenters. The van der Waals surface area contributed by atoms with E-state index in [4.69, 9.17) is 0 Å². The van der Waals surface area contributed by atoms with E-state index in [-0.39, 0.29) is 26.2 Å². The first-order chi connectivity index (χ1) is 11.8. The molecule has 0 saturated carbocycles. The number of aryl methyl sites for hydroxylation is 1. The van der Waals surface area contributed by atoms with Gasteiger partial charge in [-0.05, 0) is 24.6 Å². The lowest BCUT2D eigenvalue weighted by atomic mass is 10.2. The van der Waals surface area contributed by atoms with Gasteiger partial charge in [0, 0.05) is 36.8 Å². The standard InChI is InChI=1S/C14H16F6N2O2S2/c1-10-2-3-11(8-12(10)25-9-13(15,16)17)21-4-6-22(7-5-21)26(23,24)14(18,19)20/h2-3,8H,4-7,9H2,1H3. The Bertz CT molecular complexity index is 741. The number of hydrogen-bond acceptors (Lipinski definition) is 4. The van der Waals surface area contributed by atoms with Gasteiger partial charge in [0.05, 0.1) is 5.75 Å². The number of halogens is 6. The smallest absolute Gasteiger partial charge is 0.369 e. The zero-order chi connectivity index (χ0) is 19.8. The monoisotopic (exact) mass is 422 g/mol. The Morgan fingerprint density at radius 3 is 2.12 bits per heavy atom. The van der Waals surface area contributed by atoms with Gasteiger partial charge in [0.15, 0.2) is 0 Å². The van der Waals surface area contributed by atoms with Crippen LogP contribution in [-0.2, 0) is 10.0 Å². The van der Waals surface area contributed by atoms with Gasteiger partial charge in [-0.2, -0.15) is 30.6 Å². The summed E-state index contributed by atoms with van der Waals surface area (Å²) in [6.45, 7) is 1.00. The van der Waals surface area contributed by atoms with Gasteiger partial charge >= 0.3 is 21.7 Å². The van der Waals surface area contributed by atoms with Gasteiger partial charge in [-0.15, -0.1) is 11.8 Å². The molecule has 0 aliphatic carbocycles. The van der Waals surface area contributed by atoms with Crippen LogP contribution in [0.5, 0.6) is 0 Å². The second kappa shape index (κ2) is 7.47. The Balaban J connectivity index is 2.08. The van der Waals surface area contributed by atoms with E-state index in [1.807, 2.05) is 0 Å². The first kappa shape index (κ1) is 21.2. The Morgan fingerprint density at radius 1 is 1.04 bits per heavy atom. The third-order valence-electron chi connectivity index (χ3n) is 3.80. The summed E-state index contributed by atoms with van der Waals surface area (Å²) >= 11 is 0.634. The molecule has 0 N–H and O–H groups in total. The maximum atomic E-state index is 12.6. The molecule has 1 saturated heterocycles. The zero-order valence-corrected chi connectivity index (χ0v) is 15.2. The predicted molar refractivity (Wildman–Crippen MR) is 86.7 cm³/mol. The molecule has 1 aliphatic rings. The van der Waals surface area contributed by atoms with Crippen LogP contribution < -0.4 is 4.90 Å². The zero-order valence-electron chi connectivity index (χ0n) is 13.6. The molecule has 0 bridgehead atoms. The van der Waals surface area contributed by atoms with E-state index < -0.39 is 27.5 Å². The summed E-state index contributed by atoms with van der Waals surface area (Å²) < 4.78 is 98.1. The fourth-order valence-electron chi connectivity index (χ4n) is 2.43. The van der Waals surface area contributed by atoms with Gasteiger partial charge in [-0.25, -0.2) is 8.42 Å². The number of nitrogens with zero attached hydrogens (tertiary/aromatic N) is 2. The minimum atomic E-state index is -5.37. The molecule has 1 heterocycles. The Labute approximate surface area is 151 Å². The summed E-state index contributed by atoms with van der Waals surface area (Å²) in [5, 5.41) is 0. The number of hydrogen-bond donors (Lipinski definition) is 0. The number of alkyl halides is 6. The highest BCUT2D eigenvalue weighted by atomic mass is 32.2. The number of anilines is 1. The summed E-state index contributed by atoms with van der Waals surface area (Å²) in [5.41, 5.74) is -4.15. The van der Waals surface area contributed by atoms with E-state index in [2.05, 4.69) is 0 Å². The highest BCUT2D eigenvalue weighted by Crippen LogP contribution is 2.33. The van der Waals surface area contributed by atoms with Gasteiger partial charge in [-0.1, -0.05) is 6.07 Å². The molecule has 12 heteroatoms. The first-order valence-electron chi connectivity index (χ1n) is 7.43. The quantitative estimate of drug-likeness (QED) is 0.549. The van der Waals surface area contributed by atoms with E-state index in [9.17, 15) is 34.8 Å². The second-order valence-electron chi connectivity index (χ2n) is 5.69. The molecule has 0 amide bonds. The van der Waals surface area contributed by atoms with Crippen molar-refractivity contribution in [2.24, 2.45) is 0 Å². The molecule has 2 rings (SSSR count). The van der Waals surface area contributed by atoms with Crippen molar-refractivity contribution in [3.63, 3.8) is 0 Å². The van der Waals surface area contributed by atoms with Crippen LogP contribution in [-0.4, -0.2) is 56.3 Å². The molecule has 1 fully saturated rings. The van der Waals surface area contributed by atoms with Gasteiger partial charge in [0.25, 0.3) is 0 Å². The van der Waals surface area contributed by atoms with Crippen molar-refractivity contribution in [1.82, 2.24) is 4.31 Å². The van der Waals surface area contributed by atoms with Crippen molar-refractivity contribution < 1.29 is 34.8 Å². The lowest BCUT2D eigenvalue weighted by Gasteiger charge is -2.35. The van der Waals surface area contributed by atoms with Crippen LogP contribution in [0.4, 0.5) is 32.0 Å². The Hall–Kier alpha value is -1.14. The van der Waals surface area contributed by atoms with Crippen LogP contribution in [0.3, 0.4) is 0 Å². The van der Waals surface area contributed by atoms with E-state index >= 15 is 0 Å². The number of rotatable bonds is 4. The minimum absolute atomic E-state index is 0.0156. The molecule has 148 valence electrons. The number of benzene rings is 1. The van der Waals surface area contributed by atoms with Crippen LogP contribution >= 0.6 is 11.8 Å². The fourth-order valence-corrected chi connectivity index (χ4v) is 4.19. The van der Waals surface area contributed by atoms with Crippen molar-refractivity contribution in [3.8, 4) is 0 Å². The molecular weight excluding hydrogens is 406 g/mol. The average Bonchev–Trinajstić information content (AvgIpc) is 2.52. The number of thioether (sulfide) groups is 1. The SMILES string of the molecule is Cc1ccc(N2CCN(S(=O)(=O)C(F)(F)F)CC2)cc1SCC(F)(F)F. The molecule has 0 radical (unpaired) electrons. The van der Waals surface area contributed by atoms with Crippen molar-refractivity contribution >= 4 is 27.5 Å². The molecule has 0 aromatic heterocycles. The molecule has 26 heavy (non-hydrogen) atoms. The predicted octanol–water partition coefficient (Wildman–Crippen LogP) is 3.62. The summed E-state index contributed by atoms with van der Waals surface area (Å²) in [6, 6.07) is 4.83. The Morgan fingerprint density at radius 2 is 1.62 bits per heavy atom. The second-order valence-corrected chi connectivity index (χ2v) is 8.64. The molecular formula is C14H16F6N2O2S2. The van der Waals surface area contributed by atoms with E-state index in [0.717, 1.165) is 0 Å². The third kappa shape index (κ3) is 4.97. The van der Waals surface area contributed by atoms with Crippen LogP contribution in [0.15, 0.2) is 23.1 Å². The van der Waals surface area contributed by atoms with Gasteiger partial charge in [-0.3, -0.25) is 0 Å². The van der Waals surface area contributed by atoms with Crippen molar-refractivity contribution in [2.45, 2.75) is 23.5 Å². The molecule has 1 aromatic rings. The molecule has 0 spiro atoms. The van der Waals surface area contributed by atoms with E-state index in [1.54, 1.807) is 30.0 Å². The van der Waals surface area contributed by atoms with Gasteiger partial charge in [0.1, 0.15) is 0 Å². The molecule has 4 nitrogen and oxygen atoms in total. The third-order valence-corrected chi connectivity index (χ3v) is 6.65. The Kier molecular flexibility index (Phi) is 6.08. The van der Waals surface area contributed by atoms with Crippen LogP contribution in [0.1, 0.15) is 5.56 Å². The summed E-state index contributed by atoms with van der Waals surface area (Å²) in [6.07, 6.45) is -4.31. The lowest BCUT2D eigenvalue weighted by molar-refractivity contribution is -0.105. The topological polar surface area (TPSA) is 40.6 Å². The molecule has 1 aromatic carbocycles. The van der Waals surface area contributed by atoms with Crippen molar-refractivity contribution in [1.29, 1.82) is 0 Å². The van der Waals surface area contributed by atoms with Crippen molar-refractivity contribution in [2.75, 3.05) is 36.8 Å². The molecule has 0 unspecified atom stereocenters. The average molecular weight is 422 g/mol. The van der Waals surface area contributed by atoms with E-state index in [0.29, 0.717) is 32.2 Å². The summed E-state index contributed by atoms with van der Waals surface area (Å²) in [4.78, 5) is 2.07. The number of piperazine rings is 1. The highest BCUT2D eigenvalue weighted by molar-refractivity contribution is 7.99. The summed E-state index contributed by atoms with van der Waals surface area (Å²) in [7, 11) is -5.37. The van der Waals surface area contributed by atoms with Gasteiger partial charge < -0.3 is 4.90 Å². The first-order valence-corrected chi connectivity index (χ1v) is 9.85. The largest absolute Gasteiger partial charge is 0.511 e. The van der Waals surface area contributed by atoms with Crippen LogP contribution in [0.25, 0.3) is 0 Å². The maximum Gasteiger partial charge on any atom is 0.511 e. The van der Waals surface area contributed by atoms with E-state index in [1.165, 1.54) is 0 Å². The summed E-state index contributed by atoms with van der Waals surface area (Å²) in [5.74, 6) is -1.05. The van der Waals surface area contributed by atoms with Crippen LogP contribution in [0, 0.1) is 6.92 Å². The lowest BCUT2D eigenvalue weighted by Crippen LogP contribution is -2.52. The number of sulfonamides is 1. The van der Waals surface area contributed by atoms with Crippen LogP contribution in [0.2, 0.25) is 0 Å². The minimum Gasteiger partial charge on any atom is -0.369 e.